The lowest BCUT2D eigenvalue weighted by molar-refractivity contribution is -0.384. The summed E-state index contributed by atoms with van der Waals surface area (Å²) in [6, 6.07) is 12.0. The summed E-state index contributed by atoms with van der Waals surface area (Å²) in [4.78, 5) is 33.1. The minimum Gasteiger partial charge on any atom is -0.457 e. The zero-order chi connectivity index (χ0) is 16.1. The highest BCUT2D eigenvalue weighted by atomic mass is 16.6. The molecule has 2 aromatic carbocycles. The number of Topliss-reactive ketones (excluding diaryl/α,β-unsaturated/α-hetero) is 1. The van der Waals surface area contributed by atoms with Crippen LogP contribution < -0.4 is 0 Å². The molecular formula is C16H13NO5. The molecular weight excluding hydrogens is 286 g/mol. The summed E-state index contributed by atoms with van der Waals surface area (Å²) in [7, 11) is 0. The van der Waals surface area contributed by atoms with Gasteiger partial charge in [0.2, 0.25) is 0 Å². The number of non-ortho nitro benzene ring substituents is 1. The lowest BCUT2D eigenvalue weighted by Crippen LogP contribution is -2.06. The van der Waals surface area contributed by atoms with Gasteiger partial charge in [-0.05, 0) is 18.6 Å². The second kappa shape index (κ2) is 6.62. The van der Waals surface area contributed by atoms with Gasteiger partial charge in [0.15, 0.2) is 5.78 Å². The van der Waals surface area contributed by atoms with Crippen molar-refractivity contribution in [1.29, 1.82) is 0 Å². The number of nitrogens with zero attached hydrogens (tertiary/aromatic N) is 1. The average molecular weight is 299 g/mol. The Hall–Kier alpha value is -3.02. The summed E-state index contributed by atoms with van der Waals surface area (Å²) in [5, 5.41) is 10.7. The molecule has 0 saturated carbocycles. The number of benzene rings is 2. The molecule has 0 aromatic heterocycles. The van der Waals surface area contributed by atoms with Crippen molar-refractivity contribution < 1.29 is 19.2 Å². The van der Waals surface area contributed by atoms with Gasteiger partial charge < -0.3 is 4.74 Å². The molecule has 0 amide bonds. The van der Waals surface area contributed by atoms with Crippen molar-refractivity contribution in [2.75, 3.05) is 0 Å². The summed E-state index contributed by atoms with van der Waals surface area (Å²) in [6.45, 7) is 1.50. The van der Waals surface area contributed by atoms with Crippen LogP contribution in [0.25, 0.3) is 0 Å². The van der Waals surface area contributed by atoms with Crippen LogP contribution in [0.5, 0.6) is 0 Å². The van der Waals surface area contributed by atoms with Gasteiger partial charge in [-0.15, -0.1) is 0 Å². The highest BCUT2D eigenvalue weighted by Gasteiger charge is 2.12. The van der Waals surface area contributed by atoms with Crippen LogP contribution in [-0.2, 0) is 11.3 Å². The molecule has 6 nitrogen and oxygen atoms in total. The first-order chi connectivity index (χ1) is 10.5. The number of carbonyl (C=O) groups excluding carboxylic acids is 2. The summed E-state index contributed by atoms with van der Waals surface area (Å²) in [6.07, 6.45) is 0. The van der Waals surface area contributed by atoms with E-state index in [1.165, 1.54) is 31.2 Å². The van der Waals surface area contributed by atoms with Crippen molar-refractivity contribution in [3.05, 3.63) is 75.3 Å². The third-order valence-electron chi connectivity index (χ3n) is 3.02. The highest BCUT2D eigenvalue weighted by molar-refractivity contribution is 5.94. The molecule has 2 aromatic rings. The summed E-state index contributed by atoms with van der Waals surface area (Å²) < 4.78 is 5.10. The maximum absolute atomic E-state index is 11.9. The number of nitro groups is 1. The Bertz CT molecular complexity index is 722. The number of nitro benzene ring substituents is 1. The van der Waals surface area contributed by atoms with Crippen LogP contribution >= 0.6 is 0 Å². The van der Waals surface area contributed by atoms with E-state index in [2.05, 4.69) is 0 Å². The van der Waals surface area contributed by atoms with Gasteiger partial charge in [0.25, 0.3) is 5.69 Å². The van der Waals surface area contributed by atoms with Gasteiger partial charge in [-0.2, -0.15) is 0 Å². The Labute approximate surface area is 126 Å². The van der Waals surface area contributed by atoms with Gasteiger partial charge in [-0.25, -0.2) is 4.79 Å². The van der Waals surface area contributed by atoms with Crippen LogP contribution in [0.2, 0.25) is 0 Å². The van der Waals surface area contributed by atoms with Gasteiger partial charge in [0.05, 0.1) is 10.5 Å². The largest absolute Gasteiger partial charge is 0.457 e. The molecule has 0 fully saturated rings. The zero-order valence-corrected chi connectivity index (χ0v) is 11.8. The van der Waals surface area contributed by atoms with Crippen molar-refractivity contribution in [2.24, 2.45) is 0 Å². The normalized spacial score (nSPS) is 10.0. The molecule has 22 heavy (non-hydrogen) atoms. The molecule has 0 aliphatic rings. The Morgan fingerprint density at radius 1 is 1.09 bits per heavy atom. The molecule has 0 bridgehead atoms. The van der Waals surface area contributed by atoms with E-state index in [-0.39, 0.29) is 23.6 Å². The zero-order valence-electron chi connectivity index (χ0n) is 11.8. The molecule has 6 heteroatoms. The monoisotopic (exact) mass is 299 g/mol. The summed E-state index contributed by atoms with van der Waals surface area (Å²) in [5.74, 6) is -0.681. The molecule has 0 heterocycles. The summed E-state index contributed by atoms with van der Waals surface area (Å²) in [5.41, 5.74) is 1.26. The molecule has 0 aliphatic heterocycles. The van der Waals surface area contributed by atoms with E-state index in [9.17, 15) is 19.7 Å². The topological polar surface area (TPSA) is 86.5 Å². The van der Waals surface area contributed by atoms with Gasteiger partial charge >= 0.3 is 5.97 Å². The van der Waals surface area contributed by atoms with E-state index in [1.54, 1.807) is 24.3 Å². The lowest BCUT2D eigenvalue weighted by Gasteiger charge is -2.05. The average Bonchev–Trinajstić information content (AvgIpc) is 2.53. The molecule has 2 rings (SSSR count). The Morgan fingerprint density at radius 2 is 1.77 bits per heavy atom. The first-order valence-corrected chi connectivity index (χ1v) is 6.49. The molecule has 112 valence electrons. The van der Waals surface area contributed by atoms with E-state index >= 15 is 0 Å². The molecule has 0 atom stereocenters. The first kappa shape index (κ1) is 15.4. The van der Waals surface area contributed by atoms with Crippen LogP contribution in [0.1, 0.15) is 33.2 Å². The first-order valence-electron chi connectivity index (χ1n) is 6.49. The Kier molecular flexibility index (Phi) is 4.63. The van der Waals surface area contributed by atoms with Crippen LogP contribution in [-0.4, -0.2) is 16.7 Å². The number of ether oxygens (including phenoxy) is 1. The fourth-order valence-corrected chi connectivity index (χ4v) is 1.81. The molecule has 0 saturated heterocycles. The maximum Gasteiger partial charge on any atom is 0.338 e. The van der Waals surface area contributed by atoms with Crippen molar-refractivity contribution in [1.82, 2.24) is 0 Å². The molecule has 0 aliphatic carbocycles. The minimum atomic E-state index is -0.639. The molecule has 0 spiro atoms. The number of esters is 1. The lowest BCUT2D eigenvalue weighted by atomic mass is 10.1. The van der Waals surface area contributed by atoms with Crippen LogP contribution in [0, 0.1) is 10.1 Å². The van der Waals surface area contributed by atoms with Crippen molar-refractivity contribution >= 4 is 17.4 Å². The predicted molar refractivity (Wildman–Crippen MR) is 78.7 cm³/mol. The van der Waals surface area contributed by atoms with Crippen molar-refractivity contribution in [3.8, 4) is 0 Å². The SMILES string of the molecule is CC(=O)c1ccc(COC(=O)c2cccc([N+](=O)[O-])c2)cc1. The van der Waals surface area contributed by atoms with E-state index in [4.69, 9.17) is 4.74 Å². The fourth-order valence-electron chi connectivity index (χ4n) is 1.81. The smallest absolute Gasteiger partial charge is 0.338 e. The van der Waals surface area contributed by atoms with E-state index in [1.807, 2.05) is 0 Å². The molecule has 0 N–H and O–H groups in total. The van der Waals surface area contributed by atoms with Crippen molar-refractivity contribution in [3.63, 3.8) is 0 Å². The Morgan fingerprint density at radius 3 is 2.36 bits per heavy atom. The third kappa shape index (κ3) is 3.76. The van der Waals surface area contributed by atoms with Gasteiger partial charge in [-0.1, -0.05) is 30.3 Å². The van der Waals surface area contributed by atoms with E-state index < -0.39 is 10.9 Å². The van der Waals surface area contributed by atoms with Crippen LogP contribution in [0.3, 0.4) is 0 Å². The van der Waals surface area contributed by atoms with E-state index in [0.717, 1.165) is 5.56 Å². The quantitative estimate of drug-likeness (QED) is 0.366. The summed E-state index contributed by atoms with van der Waals surface area (Å²) >= 11 is 0. The maximum atomic E-state index is 11.9. The Balaban J connectivity index is 2.02. The van der Waals surface area contributed by atoms with E-state index in [0.29, 0.717) is 5.56 Å². The molecule has 0 radical (unpaired) electrons. The number of rotatable bonds is 5. The minimum absolute atomic E-state index is 0.0275. The number of carbonyl (C=O) groups is 2. The number of hydrogen-bond donors (Lipinski definition) is 0. The standard InChI is InChI=1S/C16H13NO5/c1-11(18)13-7-5-12(6-8-13)10-22-16(19)14-3-2-4-15(9-14)17(20)21/h2-9H,10H2,1H3. The predicted octanol–water partition coefficient (Wildman–Crippen LogP) is 3.15. The number of hydrogen-bond acceptors (Lipinski definition) is 5. The second-order valence-electron chi connectivity index (χ2n) is 4.64. The van der Waals surface area contributed by atoms with Crippen molar-refractivity contribution in [2.45, 2.75) is 13.5 Å². The number of ketones is 1. The van der Waals surface area contributed by atoms with Gasteiger partial charge in [0, 0.05) is 17.7 Å². The third-order valence-corrected chi connectivity index (χ3v) is 3.02. The fraction of sp³-hybridized carbons (Fsp3) is 0.125. The van der Waals surface area contributed by atoms with Gasteiger partial charge in [-0.3, -0.25) is 14.9 Å². The van der Waals surface area contributed by atoms with Crippen LogP contribution in [0.4, 0.5) is 5.69 Å². The second-order valence-corrected chi connectivity index (χ2v) is 4.64. The van der Waals surface area contributed by atoms with Gasteiger partial charge in [0.1, 0.15) is 6.61 Å². The molecule has 0 unspecified atom stereocenters. The van der Waals surface area contributed by atoms with Crippen LogP contribution in [0.15, 0.2) is 48.5 Å². The highest BCUT2D eigenvalue weighted by Crippen LogP contribution is 2.15.